The second-order valence-electron chi connectivity index (χ2n) is 2.98. The smallest absolute Gasteiger partial charge is 0.321 e. The lowest BCUT2D eigenvalue weighted by Crippen LogP contribution is -2.49. The molecule has 0 heterocycles. The summed E-state index contributed by atoms with van der Waals surface area (Å²) in [6.45, 7) is 7.13. The molecule has 0 aliphatic heterocycles. The van der Waals surface area contributed by atoms with Crippen LogP contribution in [0.4, 0.5) is 4.79 Å². The standard InChI is InChI=1S/C9H17N3O2/c1-5-6(2)11-7(3)8(13)12-9(14)10-4/h5-7,11H,1H2,2-4H3,(H2,10,12,13,14). The maximum Gasteiger partial charge on any atom is 0.321 e. The van der Waals surface area contributed by atoms with Gasteiger partial charge in [-0.15, -0.1) is 6.58 Å². The highest BCUT2D eigenvalue weighted by molar-refractivity contribution is 5.96. The molecular weight excluding hydrogens is 182 g/mol. The quantitative estimate of drug-likeness (QED) is 0.558. The van der Waals surface area contributed by atoms with Crippen molar-refractivity contribution < 1.29 is 9.59 Å². The van der Waals surface area contributed by atoms with Crippen LogP contribution in [0.25, 0.3) is 0 Å². The predicted molar refractivity (Wildman–Crippen MR) is 54.9 cm³/mol. The number of hydrogen-bond donors (Lipinski definition) is 3. The van der Waals surface area contributed by atoms with Crippen molar-refractivity contribution in [3.8, 4) is 0 Å². The number of hydrogen-bond acceptors (Lipinski definition) is 3. The van der Waals surface area contributed by atoms with Crippen LogP contribution < -0.4 is 16.0 Å². The number of nitrogens with one attached hydrogen (secondary N) is 3. The summed E-state index contributed by atoms with van der Waals surface area (Å²) >= 11 is 0. The zero-order valence-electron chi connectivity index (χ0n) is 8.76. The van der Waals surface area contributed by atoms with Gasteiger partial charge in [0.25, 0.3) is 0 Å². The van der Waals surface area contributed by atoms with Gasteiger partial charge >= 0.3 is 6.03 Å². The van der Waals surface area contributed by atoms with Crippen LogP contribution in [0.5, 0.6) is 0 Å². The fraction of sp³-hybridized carbons (Fsp3) is 0.556. The SMILES string of the molecule is C=CC(C)NC(C)C(=O)NC(=O)NC. The van der Waals surface area contributed by atoms with Gasteiger partial charge in [-0.1, -0.05) is 6.08 Å². The number of rotatable bonds is 4. The summed E-state index contributed by atoms with van der Waals surface area (Å²) in [4.78, 5) is 22.1. The highest BCUT2D eigenvalue weighted by Gasteiger charge is 2.15. The van der Waals surface area contributed by atoms with Crippen LogP contribution in [0.1, 0.15) is 13.8 Å². The zero-order valence-corrected chi connectivity index (χ0v) is 8.76. The van der Waals surface area contributed by atoms with Crippen molar-refractivity contribution >= 4 is 11.9 Å². The van der Waals surface area contributed by atoms with Crippen molar-refractivity contribution in [1.29, 1.82) is 0 Å². The molecule has 0 aromatic rings. The van der Waals surface area contributed by atoms with Gasteiger partial charge in [0.05, 0.1) is 6.04 Å². The molecule has 2 unspecified atom stereocenters. The van der Waals surface area contributed by atoms with E-state index in [2.05, 4.69) is 22.5 Å². The number of urea groups is 1. The summed E-state index contributed by atoms with van der Waals surface area (Å²) < 4.78 is 0. The molecule has 0 aromatic heterocycles. The van der Waals surface area contributed by atoms with E-state index in [0.717, 1.165) is 0 Å². The van der Waals surface area contributed by atoms with Crippen LogP contribution >= 0.6 is 0 Å². The second kappa shape index (κ2) is 6.15. The van der Waals surface area contributed by atoms with Gasteiger partial charge in [-0.2, -0.15) is 0 Å². The van der Waals surface area contributed by atoms with E-state index in [0.29, 0.717) is 0 Å². The minimum Gasteiger partial charge on any atom is -0.341 e. The molecule has 3 N–H and O–H groups in total. The molecule has 3 amide bonds. The van der Waals surface area contributed by atoms with Crippen molar-refractivity contribution in [2.24, 2.45) is 0 Å². The third-order valence-electron chi connectivity index (χ3n) is 1.72. The van der Waals surface area contributed by atoms with Gasteiger partial charge < -0.3 is 10.6 Å². The number of imide groups is 1. The van der Waals surface area contributed by atoms with Crippen LogP contribution in [0, 0.1) is 0 Å². The maximum absolute atomic E-state index is 11.3. The molecular formula is C9H17N3O2. The van der Waals surface area contributed by atoms with E-state index in [-0.39, 0.29) is 11.9 Å². The Bertz CT molecular complexity index is 228. The minimum atomic E-state index is -0.505. The Morgan fingerprint density at radius 2 is 1.93 bits per heavy atom. The lowest BCUT2D eigenvalue weighted by Gasteiger charge is -2.16. The molecule has 14 heavy (non-hydrogen) atoms. The molecule has 0 fully saturated rings. The Labute approximate surface area is 83.9 Å². The number of carbonyl (C=O) groups excluding carboxylic acids is 2. The highest BCUT2D eigenvalue weighted by atomic mass is 16.2. The maximum atomic E-state index is 11.3. The Hall–Kier alpha value is -1.36. The normalized spacial score (nSPS) is 13.9. The summed E-state index contributed by atoms with van der Waals surface area (Å²) in [5.74, 6) is -0.363. The lowest BCUT2D eigenvalue weighted by molar-refractivity contribution is -0.121. The van der Waals surface area contributed by atoms with E-state index in [4.69, 9.17) is 0 Å². The molecule has 5 nitrogen and oxygen atoms in total. The van der Waals surface area contributed by atoms with Crippen molar-refractivity contribution in [2.45, 2.75) is 25.9 Å². The second-order valence-corrected chi connectivity index (χ2v) is 2.98. The molecule has 0 aromatic carbocycles. The van der Waals surface area contributed by atoms with Crippen molar-refractivity contribution in [1.82, 2.24) is 16.0 Å². The first-order valence-electron chi connectivity index (χ1n) is 4.42. The Balaban J connectivity index is 3.99. The van der Waals surface area contributed by atoms with Crippen LogP contribution in [-0.4, -0.2) is 31.1 Å². The van der Waals surface area contributed by atoms with Crippen LogP contribution in [0.2, 0.25) is 0 Å². The molecule has 80 valence electrons. The Morgan fingerprint density at radius 3 is 2.36 bits per heavy atom. The highest BCUT2D eigenvalue weighted by Crippen LogP contribution is 1.88. The first-order valence-corrected chi connectivity index (χ1v) is 4.42. The van der Waals surface area contributed by atoms with Gasteiger partial charge in [0.1, 0.15) is 0 Å². The summed E-state index contributed by atoms with van der Waals surface area (Å²) in [5, 5.41) is 7.42. The molecule has 0 radical (unpaired) electrons. The van der Waals surface area contributed by atoms with Gasteiger partial charge in [-0.05, 0) is 13.8 Å². The molecule has 0 spiro atoms. The summed E-state index contributed by atoms with van der Waals surface area (Å²) in [5.41, 5.74) is 0. The average Bonchev–Trinajstić information content (AvgIpc) is 2.17. The van der Waals surface area contributed by atoms with Crippen molar-refractivity contribution in [3.05, 3.63) is 12.7 Å². The molecule has 5 heteroatoms. The molecule has 2 atom stereocenters. The fourth-order valence-corrected chi connectivity index (χ4v) is 0.821. The third-order valence-corrected chi connectivity index (χ3v) is 1.72. The van der Waals surface area contributed by atoms with E-state index >= 15 is 0 Å². The fourth-order valence-electron chi connectivity index (χ4n) is 0.821. The molecule has 0 saturated heterocycles. The number of amides is 3. The van der Waals surface area contributed by atoms with Crippen LogP contribution in [0.3, 0.4) is 0 Å². The Morgan fingerprint density at radius 1 is 1.36 bits per heavy atom. The minimum absolute atomic E-state index is 0.0282. The first kappa shape index (κ1) is 12.6. The monoisotopic (exact) mass is 199 g/mol. The van der Waals surface area contributed by atoms with E-state index in [1.165, 1.54) is 7.05 Å². The third kappa shape index (κ3) is 4.61. The summed E-state index contributed by atoms with van der Waals surface area (Å²) in [7, 11) is 1.45. The summed E-state index contributed by atoms with van der Waals surface area (Å²) in [6, 6.07) is -0.907. The van der Waals surface area contributed by atoms with E-state index < -0.39 is 12.1 Å². The van der Waals surface area contributed by atoms with E-state index in [1.54, 1.807) is 13.0 Å². The van der Waals surface area contributed by atoms with E-state index in [9.17, 15) is 9.59 Å². The van der Waals surface area contributed by atoms with Gasteiger partial charge in [0.15, 0.2) is 0 Å². The molecule has 0 aliphatic rings. The topological polar surface area (TPSA) is 70.2 Å². The molecule has 0 saturated carbocycles. The van der Waals surface area contributed by atoms with Crippen LogP contribution in [0.15, 0.2) is 12.7 Å². The van der Waals surface area contributed by atoms with Crippen molar-refractivity contribution in [2.75, 3.05) is 7.05 Å². The van der Waals surface area contributed by atoms with E-state index in [1.807, 2.05) is 6.92 Å². The van der Waals surface area contributed by atoms with Gasteiger partial charge in [-0.25, -0.2) is 4.79 Å². The van der Waals surface area contributed by atoms with Gasteiger partial charge in [0, 0.05) is 13.1 Å². The number of carbonyl (C=O) groups is 2. The van der Waals surface area contributed by atoms with Gasteiger partial charge in [-0.3, -0.25) is 10.1 Å². The lowest BCUT2D eigenvalue weighted by atomic mass is 10.2. The zero-order chi connectivity index (χ0) is 11.1. The largest absolute Gasteiger partial charge is 0.341 e. The first-order chi connectivity index (χ1) is 6.51. The van der Waals surface area contributed by atoms with Gasteiger partial charge in [0.2, 0.25) is 5.91 Å². The van der Waals surface area contributed by atoms with Crippen LogP contribution in [-0.2, 0) is 4.79 Å². The van der Waals surface area contributed by atoms with Crippen molar-refractivity contribution in [3.63, 3.8) is 0 Å². The molecule has 0 rings (SSSR count). The Kier molecular flexibility index (Phi) is 5.55. The average molecular weight is 199 g/mol. The molecule has 0 bridgehead atoms. The predicted octanol–water partition coefficient (Wildman–Crippen LogP) is -0.00540. The molecule has 0 aliphatic carbocycles. The summed E-state index contributed by atoms with van der Waals surface area (Å²) in [6.07, 6.45) is 1.68.